The van der Waals surface area contributed by atoms with Gasteiger partial charge >= 0.3 is 0 Å². The summed E-state index contributed by atoms with van der Waals surface area (Å²) in [5.41, 5.74) is 3.97. The van der Waals surface area contributed by atoms with Crippen LogP contribution in [0.25, 0.3) is 0 Å². The summed E-state index contributed by atoms with van der Waals surface area (Å²) in [4.78, 5) is 4.62. The number of rotatable bonds is 9. The lowest BCUT2D eigenvalue weighted by atomic mass is 10.1. The molecule has 0 bridgehead atoms. The molecule has 1 atom stereocenters. The Balaban J connectivity index is 1.31. The van der Waals surface area contributed by atoms with Gasteiger partial charge in [-0.05, 0) is 37.1 Å². The van der Waals surface area contributed by atoms with Crippen LogP contribution in [0.3, 0.4) is 0 Å². The number of ether oxygens (including phenoxy) is 2. The molecule has 0 radical (unpaired) electrons. The number of benzene rings is 2. The van der Waals surface area contributed by atoms with Crippen LogP contribution in [0.5, 0.6) is 11.5 Å². The van der Waals surface area contributed by atoms with Gasteiger partial charge in [-0.3, -0.25) is 4.90 Å². The van der Waals surface area contributed by atoms with E-state index in [0.29, 0.717) is 12.6 Å². The van der Waals surface area contributed by atoms with Gasteiger partial charge in [-0.1, -0.05) is 30.3 Å². The van der Waals surface area contributed by atoms with Crippen molar-refractivity contribution in [1.29, 1.82) is 0 Å². The van der Waals surface area contributed by atoms with Gasteiger partial charge in [0.2, 0.25) is 0 Å². The molecule has 2 aliphatic rings. The van der Waals surface area contributed by atoms with Gasteiger partial charge in [0.25, 0.3) is 0 Å². The van der Waals surface area contributed by atoms with E-state index in [0.717, 1.165) is 62.6 Å². The van der Waals surface area contributed by atoms with E-state index in [1.807, 2.05) is 12.1 Å². The van der Waals surface area contributed by atoms with E-state index >= 15 is 0 Å². The van der Waals surface area contributed by atoms with E-state index in [1.165, 1.54) is 11.1 Å². The van der Waals surface area contributed by atoms with Crippen LogP contribution in [0.15, 0.2) is 42.5 Å². The molecule has 1 heterocycles. The molecule has 0 spiro atoms. The number of hydrogen-bond acceptors (Lipinski definition) is 6. The maximum Gasteiger partial charge on any atom is 0.127 e. The molecule has 6 nitrogen and oxygen atoms in total. The highest BCUT2D eigenvalue weighted by atomic mass is 16.5. The van der Waals surface area contributed by atoms with Gasteiger partial charge in [-0.15, -0.1) is 0 Å². The molecule has 6 heteroatoms. The fourth-order valence-electron chi connectivity index (χ4n) is 4.47. The summed E-state index contributed by atoms with van der Waals surface area (Å²) in [5, 5.41) is 14.2. The normalized spacial score (nSPS) is 18.7. The molecular formula is C25H35N3O3. The second-order valence-electron chi connectivity index (χ2n) is 8.80. The van der Waals surface area contributed by atoms with Crippen LogP contribution in [0.1, 0.15) is 16.7 Å². The fraction of sp³-hybridized carbons (Fsp3) is 0.520. The molecule has 4 rings (SSSR count). The van der Waals surface area contributed by atoms with Gasteiger partial charge in [-0.25, -0.2) is 0 Å². The van der Waals surface area contributed by atoms with E-state index in [4.69, 9.17) is 9.47 Å². The minimum absolute atomic E-state index is 0.279. The van der Waals surface area contributed by atoms with Crippen LogP contribution in [-0.2, 0) is 19.4 Å². The van der Waals surface area contributed by atoms with Crippen molar-refractivity contribution in [3.63, 3.8) is 0 Å². The molecule has 168 valence electrons. The van der Waals surface area contributed by atoms with Crippen molar-refractivity contribution in [2.24, 2.45) is 0 Å². The molecule has 1 aliphatic heterocycles. The van der Waals surface area contributed by atoms with Crippen molar-refractivity contribution in [3.05, 3.63) is 59.2 Å². The third-order valence-electron chi connectivity index (χ3n) is 6.40. The molecule has 2 aromatic rings. The summed E-state index contributed by atoms with van der Waals surface area (Å²) in [6.45, 7) is 5.73. The Morgan fingerprint density at radius 1 is 1.06 bits per heavy atom. The van der Waals surface area contributed by atoms with Crippen LogP contribution >= 0.6 is 0 Å². The minimum atomic E-state index is -0.514. The van der Waals surface area contributed by atoms with Crippen molar-refractivity contribution in [2.45, 2.75) is 31.5 Å². The van der Waals surface area contributed by atoms with Crippen LogP contribution in [-0.4, -0.2) is 80.5 Å². The lowest BCUT2D eigenvalue weighted by molar-refractivity contribution is 0.0501. The highest BCUT2D eigenvalue weighted by molar-refractivity contribution is 5.41. The number of methoxy groups -OCH3 is 1. The molecule has 0 aromatic heterocycles. The SMILES string of the molecule is COc1ccc(CNC2Cc3ccccc3C2)c(OCC(O)CN2CCN(C)CC2)c1. The molecule has 0 saturated carbocycles. The fourth-order valence-corrected chi connectivity index (χ4v) is 4.47. The zero-order chi connectivity index (χ0) is 21.6. The number of nitrogens with zero attached hydrogens (tertiary/aromatic N) is 2. The highest BCUT2D eigenvalue weighted by Gasteiger charge is 2.21. The van der Waals surface area contributed by atoms with Crippen LogP contribution in [0, 0.1) is 0 Å². The third-order valence-corrected chi connectivity index (χ3v) is 6.40. The Bertz CT molecular complexity index is 827. The third kappa shape index (κ3) is 5.98. The standard InChI is InChI=1S/C25H35N3O3/c1-27-9-11-28(12-10-27)17-23(29)18-31-25-15-24(30-2)8-7-21(25)16-26-22-13-19-5-3-4-6-20(19)14-22/h3-8,15,22-23,26,29H,9-14,16-18H2,1-2H3. The topological polar surface area (TPSA) is 57.2 Å². The molecule has 2 aromatic carbocycles. The molecule has 1 saturated heterocycles. The lowest BCUT2D eigenvalue weighted by Crippen LogP contribution is -2.47. The Morgan fingerprint density at radius 2 is 1.77 bits per heavy atom. The van der Waals surface area contributed by atoms with Gasteiger partial charge in [0.1, 0.15) is 24.2 Å². The molecule has 1 fully saturated rings. The van der Waals surface area contributed by atoms with Crippen molar-refractivity contribution < 1.29 is 14.6 Å². The first kappa shape index (κ1) is 22.1. The average molecular weight is 426 g/mol. The van der Waals surface area contributed by atoms with Gasteiger partial charge in [-0.2, -0.15) is 0 Å². The Labute approximate surface area is 185 Å². The minimum Gasteiger partial charge on any atom is -0.497 e. The zero-order valence-corrected chi connectivity index (χ0v) is 18.7. The number of β-amino-alcohol motifs (C(OH)–C–C–N with tert-alkyl or cyclic N) is 1. The average Bonchev–Trinajstić information content (AvgIpc) is 3.21. The number of fused-ring (bicyclic) bond motifs is 1. The summed E-state index contributed by atoms with van der Waals surface area (Å²) >= 11 is 0. The van der Waals surface area contributed by atoms with Crippen LogP contribution in [0.2, 0.25) is 0 Å². The number of aliphatic hydroxyl groups excluding tert-OH is 1. The summed E-state index contributed by atoms with van der Waals surface area (Å²) in [6.07, 6.45) is 1.61. The molecule has 1 unspecified atom stereocenters. The van der Waals surface area contributed by atoms with Crippen molar-refractivity contribution >= 4 is 0 Å². The van der Waals surface area contributed by atoms with E-state index in [2.05, 4.69) is 52.5 Å². The van der Waals surface area contributed by atoms with E-state index in [9.17, 15) is 5.11 Å². The summed E-state index contributed by atoms with van der Waals surface area (Å²) < 4.78 is 11.5. The number of hydrogen-bond donors (Lipinski definition) is 2. The van der Waals surface area contributed by atoms with Crippen molar-refractivity contribution in [3.8, 4) is 11.5 Å². The van der Waals surface area contributed by atoms with E-state index in [1.54, 1.807) is 7.11 Å². The molecular weight excluding hydrogens is 390 g/mol. The van der Waals surface area contributed by atoms with Gasteiger partial charge < -0.3 is 24.8 Å². The van der Waals surface area contributed by atoms with E-state index in [-0.39, 0.29) is 6.61 Å². The summed E-state index contributed by atoms with van der Waals surface area (Å²) in [6, 6.07) is 15.1. The number of piperazine rings is 1. The molecule has 2 N–H and O–H groups in total. The van der Waals surface area contributed by atoms with Gasteiger partial charge in [0.05, 0.1) is 7.11 Å². The predicted octanol–water partition coefficient (Wildman–Crippen LogP) is 1.94. The Morgan fingerprint density at radius 3 is 2.45 bits per heavy atom. The zero-order valence-electron chi connectivity index (χ0n) is 18.7. The first-order chi connectivity index (χ1) is 15.1. The number of likely N-dealkylation sites (N-methyl/N-ethyl adjacent to an activating group) is 1. The van der Waals surface area contributed by atoms with Crippen LogP contribution in [0.4, 0.5) is 0 Å². The summed E-state index contributed by atoms with van der Waals surface area (Å²) in [5.74, 6) is 1.54. The predicted molar refractivity (Wildman–Crippen MR) is 123 cm³/mol. The van der Waals surface area contributed by atoms with Crippen molar-refractivity contribution in [1.82, 2.24) is 15.1 Å². The first-order valence-corrected chi connectivity index (χ1v) is 11.3. The molecule has 0 amide bonds. The lowest BCUT2D eigenvalue weighted by Gasteiger charge is -2.33. The van der Waals surface area contributed by atoms with E-state index < -0.39 is 6.10 Å². The molecule has 31 heavy (non-hydrogen) atoms. The first-order valence-electron chi connectivity index (χ1n) is 11.3. The smallest absolute Gasteiger partial charge is 0.127 e. The summed E-state index contributed by atoms with van der Waals surface area (Å²) in [7, 11) is 3.80. The largest absolute Gasteiger partial charge is 0.497 e. The van der Waals surface area contributed by atoms with Gasteiger partial charge in [0, 0.05) is 56.9 Å². The second kappa shape index (κ2) is 10.5. The number of aliphatic hydroxyl groups is 1. The van der Waals surface area contributed by atoms with Gasteiger partial charge in [0.15, 0.2) is 0 Å². The second-order valence-corrected chi connectivity index (χ2v) is 8.80. The molecule has 1 aliphatic carbocycles. The highest BCUT2D eigenvalue weighted by Crippen LogP contribution is 2.27. The monoisotopic (exact) mass is 425 g/mol. The Hall–Kier alpha value is -2.12. The maximum atomic E-state index is 10.5. The quantitative estimate of drug-likeness (QED) is 0.641. The van der Waals surface area contributed by atoms with Crippen LogP contribution < -0.4 is 14.8 Å². The number of nitrogens with one attached hydrogen (secondary N) is 1. The maximum absolute atomic E-state index is 10.5. The Kier molecular flexibility index (Phi) is 7.45. The van der Waals surface area contributed by atoms with Crippen molar-refractivity contribution in [2.75, 3.05) is 53.5 Å².